The minimum Gasteiger partial charge on any atom is -0.390 e. The van der Waals surface area contributed by atoms with Gasteiger partial charge in [0, 0.05) is 58.2 Å². The second-order valence-corrected chi connectivity index (χ2v) is 15.8. The van der Waals surface area contributed by atoms with Gasteiger partial charge in [-0.2, -0.15) is 0 Å². The van der Waals surface area contributed by atoms with Gasteiger partial charge >= 0.3 is 0 Å². The summed E-state index contributed by atoms with van der Waals surface area (Å²) < 4.78 is 55.4. The van der Waals surface area contributed by atoms with Crippen LogP contribution >= 0.6 is 31.9 Å². The molecule has 53 heavy (non-hydrogen) atoms. The molecule has 0 radical (unpaired) electrons. The van der Waals surface area contributed by atoms with Crippen molar-refractivity contribution in [1.29, 1.82) is 0 Å². The number of amides is 1. The Bertz CT molecular complexity index is 1840. The molecular formula is C40H44Br2F4N4O3. The first-order valence-electron chi connectivity index (χ1n) is 17.5. The van der Waals surface area contributed by atoms with Gasteiger partial charge in [0.05, 0.1) is 18.2 Å². The van der Waals surface area contributed by atoms with Crippen LogP contribution in [0.2, 0.25) is 0 Å². The molecule has 0 bridgehead atoms. The van der Waals surface area contributed by atoms with Gasteiger partial charge in [-0.05, 0) is 109 Å². The normalized spacial score (nSPS) is 17.5. The standard InChI is InChI=1S/C21H23BrF2N2O2.C19H21BrF2N2O/c1-13(27)26-19(9-14-7-17(23)11-18(24)8-14)20(28)12-25-21(5-6-21)15-3-2-4-16(22)10-15;20-14-3-1-2-13(9-14)19(4-5-19)24-11-18(25)17(23)8-12-6-15(21)10-16(22)7-12/h2-4,7-8,10-11,19-20,25,28H,5-6,9,12H2,1H3,(H,26,27);1-3,6-7,9-10,17-18,24-25H,4-5,8,11,23H2/t19-,20+;17-,18+/m00/s1. The number of rotatable bonds is 15. The molecule has 2 aliphatic rings. The molecule has 6 rings (SSSR count). The highest BCUT2D eigenvalue weighted by molar-refractivity contribution is 9.10. The van der Waals surface area contributed by atoms with E-state index in [0.717, 1.165) is 52.3 Å². The summed E-state index contributed by atoms with van der Waals surface area (Å²) in [6, 6.07) is 21.4. The van der Waals surface area contributed by atoms with Crippen LogP contribution < -0.4 is 21.7 Å². The number of hydrogen-bond donors (Lipinski definition) is 6. The summed E-state index contributed by atoms with van der Waals surface area (Å²) in [5, 5.41) is 30.5. The van der Waals surface area contributed by atoms with Gasteiger partial charge in [-0.15, -0.1) is 0 Å². The van der Waals surface area contributed by atoms with E-state index in [1.165, 1.54) is 36.8 Å². The predicted molar refractivity (Wildman–Crippen MR) is 204 cm³/mol. The van der Waals surface area contributed by atoms with Gasteiger partial charge in [0.2, 0.25) is 5.91 Å². The third-order valence-electron chi connectivity index (χ3n) is 9.67. The Morgan fingerprint density at radius 2 is 1.11 bits per heavy atom. The van der Waals surface area contributed by atoms with E-state index in [4.69, 9.17) is 5.73 Å². The molecule has 7 nitrogen and oxygen atoms in total. The summed E-state index contributed by atoms with van der Waals surface area (Å²) in [5.74, 6) is -2.96. The first-order valence-corrected chi connectivity index (χ1v) is 19.0. The minimum absolute atomic E-state index is 0.116. The second-order valence-electron chi connectivity index (χ2n) is 14.0. The van der Waals surface area contributed by atoms with Crippen LogP contribution in [0.25, 0.3) is 0 Å². The van der Waals surface area contributed by atoms with Gasteiger partial charge in [-0.25, -0.2) is 17.6 Å². The number of aliphatic hydroxyl groups is 2. The van der Waals surface area contributed by atoms with Gasteiger partial charge < -0.3 is 31.9 Å². The number of carbonyl (C=O) groups excluding carboxylic acids is 1. The van der Waals surface area contributed by atoms with E-state index in [1.807, 2.05) is 36.4 Å². The topological polar surface area (TPSA) is 120 Å². The molecule has 4 aromatic carbocycles. The average Bonchev–Trinajstić information content (AvgIpc) is 4.02. The quantitative estimate of drug-likeness (QED) is 0.0746. The van der Waals surface area contributed by atoms with E-state index in [1.54, 1.807) is 0 Å². The number of hydrogen-bond acceptors (Lipinski definition) is 6. The van der Waals surface area contributed by atoms with Gasteiger partial charge in [-0.3, -0.25) is 4.79 Å². The van der Waals surface area contributed by atoms with Crippen LogP contribution in [0.15, 0.2) is 93.9 Å². The molecule has 0 saturated heterocycles. The number of nitrogens with two attached hydrogens (primary N) is 1. The fraction of sp³-hybridized carbons (Fsp3) is 0.375. The van der Waals surface area contributed by atoms with Gasteiger partial charge in [0.15, 0.2) is 0 Å². The SMILES string of the molecule is CC(=O)N[C@@H](Cc1cc(F)cc(F)c1)[C@H](O)CNC1(c2cccc(Br)c2)CC1.N[C@@H](Cc1cc(F)cc(F)c1)[C@H](O)CNC1(c2cccc(Br)c2)CC1. The highest BCUT2D eigenvalue weighted by Gasteiger charge is 2.45. The van der Waals surface area contributed by atoms with Gasteiger partial charge in [0.25, 0.3) is 0 Å². The number of nitrogens with one attached hydrogen (secondary N) is 3. The van der Waals surface area contributed by atoms with Crippen LogP contribution in [0.5, 0.6) is 0 Å². The number of aliphatic hydroxyl groups excluding tert-OH is 2. The highest BCUT2D eigenvalue weighted by atomic mass is 79.9. The number of halogens is 6. The Kier molecular flexibility index (Phi) is 13.9. The zero-order valence-electron chi connectivity index (χ0n) is 29.2. The summed E-state index contributed by atoms with van der Waals surface area (Å²) in [5.41, 5.74) is 8.85. The van der Waals surface area contributed by atoms with E-state index in [0.29, 0.717) is 17.7 Å². The maximum atomic E-state index is 13.5. The average molecular weight is 865 g/mol. The van der Waals surface area contributed by atoms with Crippen LogP contribution in [0.4, 0.5) is 17.6 Å². The molecule has 7 N–H and O–H groups in total. The molecule has 0 aliphatic heterocycles. The lowest BCUT2D eigenvalue weighted by molar-refractivity contribution is -0.120. The summed E-state index contributed by atoms with van der Waals surface area (Å²) in [6.07, 6.45) is 2.52. The Morgan fingerprint density at radius 1 is 0.698 bits per heavy atom. The lowest BCUT2D eigenvalue weighted by atomic mass is 9.99. The minimum atomic E-state index is -0.917. The van der Waals surface area contributed by atoms with Crippen molar-refractivity contribution < 1.29 is 32.6 Å². The molecule has 0 heterocycles. The molecule has 0 spiro atoms. The first kappa shape index (κ1) is 41.0. The maximum absolute atomic E-state index is 13.5. The largest absolute Gasteiger partial charge is 0.390 e. The number of benzene rings is 4. The number of carbonyl (C=O) groups is 1. The molecule has 4 atom stereocenters. The van der Waals surface area contributed by atoms with Gasteiger partial charge in [0.1, 0.15) is 23.3 Å². The summed E-state index contributed by atoms with van der Waals surface area (Å²) >= 11 is 6.95. The maximum Gasteiger partial charge on any atom is 0.217 e. The van der Waals surface area contributed by atoms with Crippen molar-refractivity contribution in [3.8, 4) is 0 Å². The van der Waals surface area contributed by atoms with E-state index in [9.17, 15) is 32.6 Å². The zero-order valence-corrected chi connectivity index (χ0v) is 32.4. The molecule has 2 saturated carbocycles. The monoisotopic (exact) mass is 862 g/mol. The van der Waals surface area contributed by atoms with Crippen LogP contribution in [-0.2, 0) is 28.7 Å². The first-order chi connectivity index (χ1) is 25.1. The Hall–Kier alpha value is -3.17. The van der Waals surface area contributed by atoms with Crippen LogP contribution in [-0.4, -0.2) is 53.5 Å². The third-order valence-corrected chi connectivity index (χ3v) is 10.7. The van der Waals surface area contributed by atoms with Crippen LogP contribution in [0, 0.1) is 23.3 Å². The second kappa shape index (κ2) is 18.0. The van der Waals surface area contributed by atoms with Crippen molar-refractivity contribution in [2.24, 2.45) is 5.73 Å². The van der Waals surface area contributed by atoms with E-state index >= 15 is 0 Å². The Balaban J connectivity index is 0.000000206. The summed E-state index contributed by atoms with van der Waals surface area (Å²) in [4.78, 5) is 11.6. The van der Waals surface area contributed by atoms with Crippen molar-refractivity contribution >= 4 is 37.8 Å². The molecule has 284 valence electrons. The predicted octanol–water partition coefficient (Wildman–Crippen LogP) is 6.65. The van der Waals surface area contributed by atoms with Crippen molar-refractivity contribution in [3.05, 3.63) is 139 Å². The van der Waals surface area contributed by atoms with Crippen molar-refractivity contribution in [2.75, 3.05) is 13.1 Å². The molecule has 13 heteroatoms. The van der Waals surface area contributed by atoms with E-state index < -0.39 is 47.6 Å². The molecular weight excluding hydrogens is 820 g/mol. The van der Waals surface area contributed by atoms with Crippen molar-refractivity contribution in [2.45, 2.75) is 80.8 Å². The van der Waals surface area contributed by atoms with E-state index in [-0.39, 0.29) is 36.4 Å². The molecule has 4 aromatic rings. The Morgan fingerprint density at radius 3 is 1.51 bits per heavy atom. The zero-order chi connectivity index (χ0) is 38.3. The lowest BCUT2D eigenvalue weighted by Crippen LogP contribution is -2.49. The smallest absolute Gasteiger partial charge is 0.217 e. The molecule has 0 aromatic heterocycles. The summed E-state index contributed by atoms with van der Waals surface area (Å²) in [7, 11) is 0. The highest BCUT2D eigenvalue weighted by Crippen LogP contribution is 2.47. The van der Waals surface area contributed by atoms with Crippen LogP contribution in [0.1, 0.15) is 54.9 Å². The van der Waals surface area contributed by atoms with Crippen molar-refractivity contribution in [3.63, 3.8) is 0 Å². The molecule has 0 unspecified atom stereocenters. The summed E-state index contributed by atoms with van der Waals surface area (Å²) in [6.45, 7) is 1.92. The lowest BCUT2D eigenvalue weighted by Gasteiger charge is -2.27. The third kappa shape index (κ3) is 11.9. The molecule has 2 aliphatic carbocycles. The molecule has 1 amide bonds. The fourth-order valence-electron chi connectivity index (χ4n) is 6.51. The van der Waals surface area contributed by atoms with E-state index in [2.05, 4.69) is 59.9 Å². The Labute approximate surface area is 324 Å². The fourth-order valence-corrected chi connectivity index (χ4v) is 7.31. The van der Waals surface area contributed by atoms with Crippen LogP contribution in [0.3, 0.4) is 0 Å². The molecule has 2 fully saturated rings. The van der Waals surface area contributed by atoms with Gasteiger partial charge in [-0.1, -0.05) is 56.1 Å². The van der Waals surface area contributed by atoms with Crippen molar-refractivity contribution in [1.82, 2.24) is 16.0 Å².